The smallest absolute Gasteiger partial charge is 0.338 e. The van der Waals surface area contributed by atoms with Crippen molar-refractivity contribution < 1.29 is 24.5 Å². The van der Waals surface area contributed by atoms with Crippen molar-refractivity contribution in [3.8, 4) is 0 Å². The van der Waals surface area contributed by atoms with Gasteiger partial charge in [0, 0.05) is 7.11 Å². The van der Waals surface area contributed by atoms with E-state index in [4.69, 9.17) is 9.47 Å². The Morgan fingerprint density at radius 3 is 2.94 bits per heavy atom. The molecule has 2 heterocycles. The maximum absolute atomic E-state index is 11.3. The molecule has 0 aliphatic carbocycles. The molecule has 0 unspecified atom stereocenters. The van der Waals surface area contributed by atoms with Gasteiger partial charge in [0.05, 0.1) is 0 Å². The Morgan fingerprint density at radius 2 is 2.39 bits per heavy atom. The van der Waals surface area contributed by atoms with Crippen LogP contribution in [0.3, 0.4) is 0 Å². The van der Waals surface area contributed by atoms with Gasteiger partial charge in [0.15, 0.2) is 12.2 Å². The number of hydrogen-bond acceptors (Lipinski definition) is 6. The number of esters is 1. The van der Waals surface area contributed by atoms with Gasteiger partial charge in [-0.15, -0.1) is 0 Å². The van der Waals surface area contributed by atoms with Gasteiger partial charge in [-0.25, -0.2) is 4.79 Å². The Bertz CT molecular complexity index is 428. The summed E-state index contributed by atoms with van der Waals surface area (Å²) in [7, 11) is 1.31. The van der Waals surface area contributed by atoms with Crippen molar-refractivity contribution in [1.29, 1.82) is 0 Å². The fraction of sp³-hybridized carbons (Fsp3) is 0.417. The average Bonchev–Trinajstić information content (AvgIpc) is 2.95. The monoisotopic (exact) mass is 270 g/mol. The first-order valence-electron chi connectivity index (χ1n) is 5.43. The quantitative estimate of drug-likeness (QED) is 0.776. The molecule has 1 aliphatic heterocycles. The number of methoxy groups -OCH3 is 1. The molecule has 0 bridgehead atoms. The SMILES string of the molecule is CO[C@H]1C(=O)O[C@@H]([C@H](O)C=Cc2ccsc2)[C@H]1O. The number of ether oxygens (including phenoxy) is 2. The zero-order valence-corrected chi connectivity index (χ0v) is 10.5. The van der Waals surface area contributed by atoms with Crippen molar-refractivity contribution in [3.05, 3.63) is 28.5 Å². The topological polar surface area (TPSA) is 76.0 Å². The molecular formula is C12H14O5S. The van der Waals surface area contributed by atoms with Crippen molar-refractivity contribution in [3.63, 3.8) is 0 Å². The van der Waals surface area contributed by atoms with Crippen LogP contribution in [0.1, 0.15) is 5.56 Å². The van der Waals surface area contributed by atoms with Gasteiger partial charge in [-0.1, -0.05) is 12.2 Å². The van der Waals surface area contributed by atoms with Crippen molar-refractivity contribution in [2.75, 3.05) is 7.11 Å². The van der Waals surface area contributed by atoms with Gasteiger partial charge in [-0.2, -0.15) is 11.3 Å². The van der Waals surface area contributed by atoms with E-state index in [1.54, 1.807) is 17.4 Å². The molecule has 0 amide bonds. The third kappa shape index (κ3) is 2.62. The van der Waals surface area contributed by atoms with Crippen LogP contribution in [0.15, 0.2) is 22.9 Å². The summed E-state index contributed by atoms with van der Waals surface area (Å²) >= 11 is 1.54. The first kappa shape index (κ1) is 13.2. The second kappa shape index (κ2) is 5.62. The molecule has 0 saturated carbocycles. The standard InChI is InChI=1S/C12H14O5S/c1-16-11-9(14)10(17-12(11)15)8(13)3-2-7-4-5-18-6-7/h2-6,8-11,13-14H,1H3/t8-,9-,10+,11-/m1/s1. The Labute approximate surface area is 108 Å². The van der Waals surface area contributed by atoms with Crippen LogP contribution in [0.25, 0.3) is 6.08 Å². The van der Waals surface area contributed by atoms with E-state index in [-0.39, 0.29) is 0 Å². The third-order valence-corrected chi connectivity index (χ3v) is 3.45. The molecule has 0 aromatic carbocycles. The molecule has 1 aromatic rings. The van der Waals surface area contributed by atoms with Crippen LogP contribution in [0.2, 0.25) is 0 Å². The number of carbonyl (C=O) groups is 1. The fourth-order valence-electron chi connectivity index (χ4n) is 1.78. The van der Waals surface area contributed by atoms with E-state index in [9.17, 15) is 15.0 Å². The molecule has 0 spiro atoms. The summed E-state index contributed by atoms with van der Waals surface area (Å²) in [6, 6.07) is 1.89. The molecule has 1 aromatic heterocycles. The van der Waals surface area contributed by atoms with Gasteiger partial charge < -0.3 is 19.7 Å². The van der Waals surface area contributed by atoms with Gasteiger partial charge in [0.25, 0.3) is 0 Å². The van der Waals surface area contributed by atoms with E-state index in [2.05, 4.69) is 0 Å². The molecule has 1 fully saturated rings. The summed E-state index contributed by atoms with van der Waals surface area (Å²) in [6.07, 6.45) is -1.05. The van der Waals surface area contributed by atoms with E-state index in [1.807, 2.05) is 16.8 Å². The summed E-state index contributed by atoms with van der Waals surface area (Å²) in [5.41, 5.74) is 0.946. The van der Waals surface area contributed by atoms with Crippen molar-refractivity contribution >= 4 is 23.4 Å². The number of hydrogen-bond donors (Lipinski definition) is 2. The van der Waals surface area contributed by atoms with Crippen LogP contribution < -0.4 is 0 Å². The van der Waals surface area contributed by atoms with Gasteiger partial charge in [-0.05, 0) is 22.4 Å². The van der Waals surface area contributed by atoms with Crippen LogP contribution >= 0.6 is 11.3 Å². The van der Waals surface area contributed by atoms with Crippen LogP contribution in [0.4, 0.5) is 0 Å². The minimum atomic E-state index is -1.16. The molecule has 18 heavy (non-hydrogen) atoms. The van der Waals surface area contributed by atoms with E-state index in [1.165, 1.54) is 13.2 Å². The molecule has 1 saturated heterocycles. The van der Waals surface area contributed by atoms with Gasteiger partial charge in [-0.3, -0.25) is 0 Å². The lowest BCUT2D eigenvalue weighted by atomic mass is 10.1. The molecule has 5 nitrogen and oxygen atoms in total. The lowest BCUT2D eigenvalue weighted by Gasteiger charge is -2.17. The third-order valence-electron chi connectivity index (χ3n) is 2.75. The van der Waals surface area contributed by atoms with E-state index in [0.717, 1.165) is 5.56 Å². The average molecular weight is 270 g/mol. The van der Waals surface area contributed by atoms with E-state index >= 15 is 0 Å². The second-order valence-corrected chi connectivity index (χ2v) is 4.73. The normalized spacial score (nSPS) is 29.7. The zero-order chi connectivity index (χ0) is 13.1. The number of thiophene rings is 1. The first-order chi connectivity index (χ1) is 8.63. The minimum Gasteiger partial charge on any atom is -0.454 e. The predicted molar refractivity (Wildman–Crippen MR) is 66.0 cm³/mol. The van der Waals surface area contributed by atoms with Gasteiger partial charge >= 0.3 is 5.97 Å². The number of cyclic esters (lactones) is 1. The molecule has 0 radical (unpaired) electrons. The molecule has 4 atom stereocenters. The summed E-state index contributed by atoms with van der Waals surface area (Å²) < 4.78 is 9.70. The van der Waals surface area contributed by atoms with Crippen molar-refractivity contribution in [1.82, 2.24) is 0 Å². The maximum Gasteiger partial charge on any atom is 0.338 e. The molecule has 2 rings (SSSR count). The van der Waals surface area contributed by atoms with E-state index < -0.39 is 30.4 Å². The Morgan fingerprint density at radius 1 is 1.61 bits per heavy atom. The van der Waals surface area contributed by atoms with Crippen molar-refractivity contribution in [2.45, 2.75) is 24.4 Å². The summed E-state index contributed by atoms with van der Waals surface area (Å²) in [5, 5.41) is 23.5. The fourth-order valence-corrected chi connectivity index (χ4v) is 2.41. The maximum atomic E-state index is 11.3. The highest BCUT2D eigenvalue weighted by Gasteiger charge is 2.46. The zero-order valence-electron chi connectivity index (χ0n) is 9.72. The largest absolute Gasteiger partial charge is 0.454 e. The second-order valence-electron chi connectivity index (χ2n) is 3.95. The molecular weight excluding hydrogens is 256 g/mol. The molecule has 2 N–H and O–H groups in total. The summed E-state index contributed by atoms with van der Waals surface area (Å²) in [6.45, 7) is 0. The van der Waals surface area contributed by atoms with Gasteiger partial charge in [0.2, 0.25) is 0 Å². The Kier molecular flexibility index (Phi) is 4.13. The van der Waals surface area contributed by atoms with Crippen LogP contribution in [-0.4, -0.2) is 47.7 Å². The highest BCUT2D eigenvalue weighted by atomic mass is 32.1. The highest BCUT2D eigenvalue weighted by molar-refractivity contribution is 7.08. The van der Waals surface area contributed by atoms with E-state index in [0.29, 0.717) is 0 Å². The number of rotatable bonds is 4. The summed E-state index contributed by atoms with van der Waals surface area (Å²) in [5.74, 6) is -0.655. The number of aliphatic hydroxyl groups is 2. The Hall–Kier alpha value is -1.21. The summed E-state index contributed by atoms with van der Waals surface area (Å²) in [4.78, 5) is 11.3. The first-order valence-corrected chi connectivity index (χ1v) is 6.37. The van der Waals surface area contributed by atoms with Crippen LogP contribution in [0.5, 0.6) is 0 Å². The molecule has 98 valence electrons. The predicted octanol–water partition coefficient (Wildman–Crippen LogP) is 0.423. The molecule has 1 aliphatic rings. The lowest BCUT2D eigenvalue weighted by molar-refractivity contribution is -0.150. The van der Waals surface area contributed by atoms with Crippen molar-refractivity contribution in [2.24, 2.45) is 0 Å². The number of aliphatic hydroxyl groups excluding tert-OH is 2. The van der Waals surface area contributed by atoms with Crippen LogP contribution in [0, 0.1) is 0 Å². The number of carbonyl (C=O) groups excluding carboxylic acids is 1. The minimum absolute atomic E-state index is 0.655. The van der Waals surface area contributed by atoms with Gasteiger partial charge in [0.1, 0.15) is 12.2 Å². The lowest BCUT2D eigenvalue weighted by Crippen LogP contribution is -2.38. The Balaban J connectivity index is 2.02. The molecule has 6 heteroatoms. The highest BCUT2D eigenvalue weighted by Crippen LogP contribution is 2.22. The van der Waals surface area contributed by atoms with Crippen LogP contribution in [-0.2, 0) is 14.3 Å².